The van der Waals surface area contributed by atoms with Gasteiger partial charge in [0.25, 0.3) is 0 Å². The van der Waals surface area contributed by atoms with Gasteiger partial charge in [0.1, 0.15) is 23.2 Å². The van der Waals surface area contributed by atoms with Crippen LogP contribution in [-0.4, -0.2) is 54.4 Å². The molecule has 22 heavy (non-hydrogen) atoms. The number of primary amides is 1. The highest BCUT2D eigenvalue weighted by Gasteiger charge is 2.38. The van der Waals surface area contributed by atoms with Crippen molar-refractivity contribution in [2.45, 2.75) is 31.0 Å². The number of hydrogen-bond donors (Lipinski definition) is 2. The van der Waals surface area contributed by atoms with Crippen LogP contribution in [0, 0.1) is 0 Å². The van der Waals surface area contributed by atoms with Gasteiger partial charge in [-0.3, -0.25) is 9.69 Å². The van der Waals surface area contributed by atoms with Crippen LogP contribution in [0.2, 0.25) is 0 Å². The lowest BCUT2D eigenvalue weighted by atomic mass is 9.90. The van der Waals surface area contributed by atoms with E-state index in [9.17, 15) is 9.90 Å². The summed E-state index contributed by atoms with van der Waals surface area (Å²) in [4.78, 5) is 13.5. The van der Waals surface area contributed by atoms with Gasteiger partial charge in [-0.05, 0) is 31.0 Å². The van der Waals surface area contributed by atoms with Crippen LogP contribution in [0.15, 0.2) is 18.2 Å². The number of benzene rings is 1. The van der Waals surface area contributed by atoms with Crippen molar-refractivity contribution < 1.29 is 19.4 Å². The number of carbonyl (C=O) groups is 1. The Labute approximate surface area is 129 Å². The van der Waals surface area contributed by atoms with Gasteiger partial charge in [-0.15, -0.1) is 0 Å². The van der Waals surface area contributed by atoms with Crippen molar-refractivity contribution >= 4 is 5.91 Å². The first-order valence-electron chi connectivity index (χ1n) is 7.58. The zero-order chi connectivity index (χ0) is 15.7. The second-order valence-electron chi connectivity index (χ2n) is 6.11. The zero-order valence-corrected chi connectivity index (χ0v) is 12.7. The molecule has 3 rings (SSSR count). The SMILES string of the molecule is COc1ccc2c(c1)CC(CN1CCC(O)(C(N)=O)CC1)O2. The van der Waals surface area contributed by atoms with Crippen molar-refractivity contribution in [1.29, 1.82) is 0 Å². The largest absolute Gasteiger partial charge is 0.497 e. The minimum atomic E-state index is -1.34. The standard InChI is InChI=1S/C16H22N2O4/c1-21-12-2-3-14-11(8-12)9-13(22-14)10-18-6-4-16(20,5-7-18)15(17)19/h2-3,8,13,20H,4-7,9-10H2,1H3,(H2,17,19). The van der Waals surface area contributed by atoms with Gasteiger partial charge in [-0.1, -0.05) is 0 Å². The molecular weight excluding hydrogens is 284 g/mol. The lowest BCUT2D eigenvalue weighted by Crippen LogP contribution is -2.53. The zero-order valence-electron chi connectivity index (χ0n) is 12.7. The van der Waals surface area contributed by atoms with E-state index < -0.39 is 11.5 Å². The first-order chi connectivity index (χ1) is 10.5. The Bertz CT molecular complexity index is 567. The van der Waals surface area contributed by atoms with E-state index in [4.69, 9.17) is 15.2 Å². The van der Waals surface area contributed by atoms with E-state index in [0.717, 1.165) is 30.0 Å². The Balaban J connectivity index is 1.55. The van der Waals surface area contributed by atoms with Crippen molar-refractivity contribution in [3.05, 3.63) is 23.8 Å². The molecule has 2 aliphatic rings. The molecule has 1 fully saturated rings. The van der Waals surface area contributed by atoms with Gasteiger partial charge >= 0.3 is 0 Å². The van der Waals surface area contributed by atoms with Crippen LogP contribution >= 0.6 is 0 Å². The molecule has 0 aliphatic carbocycles. The van der Waals surface area contributed by atoms with Crippen molar-refractivity contribution in [3.63, 3.8) is 0 Å². The highest BCUT2D eigenvalue weighted by atomic mass is 16.5. The number of aliphatic hydroxyl groups is 1. The molecule has 120 valence electrons. The highest BCUT2D eigenvalue weighted by molar-refractivity contribution is 5.83. The number of nitrogens with zero attached hydrogens (tertiary/aromatic N) is 1. The van der Waals surface area contributed by atoms with Gasteiger partial charge in [-0.2, -0.15) is 0 Å². The minimum absolute atomic E-state index is 0.0990. The smallest absolute Gasteiger partial charge is 0.249 e. The fourth-order valence-corrected chi connectivity index (χ4v) is 3.17. The predicted octanol–water partition coefficient (Wildman–Crippen LogP) is 0.311. The van der Waals surface area contributed by atoms with Crippen molar-refractivity contribution in [1.82, 2.24) is 4.90 Å². The Morgan fingerprint density at radius 3 is 2.86 bits per heavy atom. The summed E-state index contributed by atoms with van der Waals surface area (Å²) in [6, 6.07) is 5.85. The summed E-state index contributed by atoms with van der Waals surface area (Å²) >= 11 is 0. The summed E-state index contributed by atoms with van der Waals surface area (Å²) in [5.74, 6) is 1.13. The van der Waals surface area contributed by atoms with Gasteiger partial charge in [-0.25, -0.2) is 0 Å². The average molecular weight is 306 g/mol. The number of nitrogens with two attached hydrogens (primary N) is 1. The number of hydrogen-bond acceptors (Lipinski definition) is 5. The number of piperidine rings is 1. The Hall–Kier alpha value is -1.79. The maximum Gasteiger partial charge on any atom is 0.249 e. The molecule has 1 atom stereocenters. The van der Waals surface area contributed by atoms with E-state index in [1.807, 2.05) is 18.2 Å². The lowest BCUT2D eigenvalue weighted by molar-refractivity contribution is -0.141. The maximum atomic E-state index is 11.3. The summed E-state index contributed by atoms with van der Waals surface area (Å²) < 4.78 is 11.2. The van der Waals surface area contributed by atoms with E-state index in [1.165, 1.54) is 0 Å². The minimum Gasteiger partial charge on any atom is -0.497 e. The van der Waals surface area contributed by atoms with E-state index in [-0.39, 0.29) is 6.10 Å². The molecule has 1 aromatic carbocycles. The van der Waals surface area contributed by atoms with E-state index in [1.54, 1.807) is 7.11 Å². The molecule has 0 saturated carbocycles. The van der Waals surface area contributed by atoms with Crippen LogP contribution in [0.4, 0.5) is 0 Å². The van der Waals surface area contributed by atoms with Gasteiger partial charge in [0.05, 0.1) is 7.11 Å². The van der Waals surface area contributed by atoms with Crippen molar-refractivity contribution in [2.75, 3.05) is 26.7 Å². The number of ether oxygens (including phenoxy) is 2. The fourth-order valence-electron chi connectivity index (χ4n) is 3.17. The molecule has 1 aromatic rings. The quantitative estimate of drug-likeness (QED) is 0.836. The molecule has 1 unspecified atom stereocenters. The van der Waals surface area contributed by atoms with Crippen molar-refractivity contribution in [3.8, 4) is 11.5 Å². The Morgan fingerprint density at radius 1 is 1.50 bits per heavy atom. The molecule has 1 saturated heterocycles. The highest BCUT2D eigenvalue weighted by Crippen LogP contribution is 2.32. The summed E-state index contributed by atoms with van der Waals surface area (Å²) in [5, 5.41) is 10.1. The number of fused-ring (bicyclic) bond motifs is 1. The molecule has 2 heterocycles. The van der Waals surface area contributed by atoms with Gasteiger partial charge in [0, 0.05) is 31.6 Å². The summed E-state index contributed by atoms with van der Waals surface area (Å²) in [6.45, 7) is 2.09. The fraction of sp³-hybridized carbons (Fsp3) is 0.562. The van der Waals surface area contributed by atoms with Crippen LogP contribution in [0.25, 0.3) is 0 Å². The molecular formula is C16H22N2O4. The second-order valence-corrected chi connectivity index (χ2v) is 6.11. The number of methoxy groups -OCH3 is 1. The summed E-state index contributed by atoms with van der Waals surface area (Å²) in [7, 11) is 1.66. The number of amides is 1. The van der Waals surface area contributed by atoms with Crippen molar-refractivity contribution in [2.24, 2.45) is 5.73 Å². The third-order valence-electron chi connectivity index (χ3n) is 4.61. The molecule has 6 heteroatoms. The predicted molar refractivity (Wildman–Crippen MR) is 80.9 cm³/mol. The molecule has 0 bridgehead atoms. The van der Waals surface area contributed by atoms with E-state index in [2.05, 4.69) is 4.90 Å². The topological polar surface area (TPSA) is 85.0 Å². The third-order valence-corrected chi connectivity index (χ3v) is 4.61. The molecule has 0 radical (unpaired) electrons. The van der Waals surface area contributed by atoms with Crippen LogP contribution < -0.4 is 15.2 Å². The van der Waals surface area contributed by atoms with Gasteiger partial charge < -0.3 is 20.3 Å². The molecule has 0 aromatic heterocycles. The van der Waals surface area contributed by atoms with Crippen LogP contribution in [0.5, 0.6) is 11.5 Å². The maximum absolute atomic E-state index is 11.3. The first-order valence-corrected chi connectivity index (χ1v) is 7.58. The lowest BCUT2D eigenvalue weighted by Gasteiger charge is -2.36. The number of rotatable bonds is 4. The monoisotopic (exact) mass is 306 g/mol. The number of carbonyl (C=O) groups excluding carboxylic acids is 1. The van der Waals surface area contributed by atoms with Crippen LogP contribution in [0.3, 0.4) is 0 Å². The molecule has 0 spiro atoms. The van der Waals surface area contributed by atoms with Gasteiger partial charge in [0.2, 0.25) is 5.91 Å². The second kappa shape index (κ2) is 5.78. The Morgan fingerprint density at radius 2 is 2.23 bits per heavy atom. The molecule has 1 amide bonds. The summed E-state index contributed by atoms with van der Waals surface area (Å²) in [6.07, 6.45) is 1.72. The van der Waals surface area contributed by atoms with Crippen LogP contribution in [0.1, 0.15) is 18.4 Å². The summed E-state index contributed by atoms with van der Waals surface area (Å²) in [5.41, 5.74) is 5.07. The van der Waals surface area contributed by atoms with E-state index >= 15 is 0 Å². The molecule has 2 aliphatic heterocycles. The van der Waals surface area contributed by atoms with Crippen LogP contribution in [-0.2, 0) is 11.2 Å². The van der Waals surface area contributed by atoms with E-state index in [0.29, 0.717) is 25.9 Å². The average Bonchev–Trinajstić information content (AvgIpc) is 2.90. The molecule has 6 nitrogen and oxygen atoms in total. The normalized spacial score (nSPS) is 23.6. The first kappa shape index (κ1) is 15.1. The Kier molecular flexibility index (Phi) is 3.97. The molecule has 3 N–H and O–H groups in total. The number of likely N-dealkylation sites (tertiary alicyclic amines) is 1. The third kappa shape index (κ3) is 2.89. The van der Waals surface area contributed by atoms with Gasteiger partial charge in [0.15, 0.2) is 0 Å².